The highest BCUT2D eigenvalue weighted by Crippen LogP contribution is 2.71. The lowest BCUT2D eigenvalue weighted by Gasteiger charge is -2.61. The van der Waals surface area contributed by atoms with Gasteiger partial charge in [-0.25, -0.2) is 0 Å². The van der Waals surface area contributed by atoms with Gasteiger partial charge in [-0.15, -0.1) is 0 Å². The molecule has 3 fully saturated rings. The van der Waals surface area contributed by atoms with Crippen LogP contribution < -0.4 is 5.32 Å². The van der Waals surface area contributed by atoms with Crippen LogP contribution in [0.1, 0.15) is 86.8 Å². The molecule has 204 valence electrons. The number of rotatable bonds is 7. The van der Waals surface area contributed by atoms with Crippen molar-refractivity contribution in [3.05, 3.63) is 64.7 Å². The molecule has 2 aromatic carbocycles. The minimum Gasteiger partial charge on any atom is -0.508 e. The third-order valence-corrected chi connectivity index (χ3v) is 11.3. The monoisotopic (exact) mass is 514 g/mol. The number of nitrogens with one attached hydrogen (secondary N) is 1. The first-order valence-corrected chi connectivity index (χ1v) is 15.1. The highest BCUT2D eigenvalue weighted by Gasteiger charge is 2.72. The number of phenolic OH excluding ortho intramolecular Hbond substituents is 1. The number of fused-ring (bicyclic) bond motifs is 1. The molecule has 4 nitrogen and oxygen atoms in total. The number of aromatic hydroxyl groups is 1. The van der Waals surface area contributed by atoms with Gasteiger partial charge in [-0.3, -0.25) is 9.69 Å². The summed E-state index contributed by atoms with van der Waals surface area (Å²) in [5, 5.41) is 14.4. The van der Waals surface area contributed by atoms with Crippen LogP contribution in [0.3, 0.4) is 0 Å². The van der Waals surface area contributed by atoms with Gasteiger partial charge in [0.15, 0.2) is 0 Å². The summed E-state index contributed by atoms with van der Waals surface area (Å²) in [4.78, 5) is 16.6. The number of phenols is 1. The third-order valence-electron chi connectivity index (χ3n) is 11.3. The van der Waals surface area contributed by atoms with Gasteiger partial charge in [0.2, 0.25) is 0 Å². The number of hydrogen-bond donors (Lipinski definition) is 2. The lowest BCUT2D eigenvalue weighted by atomic mass is 9.50. The standard InChI is InChI=1S/C34H46N2O2/c1-6-9-30(35-32(38)28-11-8-7-10-21(28)2)31-22(3)18-33(5)23(4)36(19-24-12-13-24)20-26-16-25-14-15-27(37)17-29(25)34(26,31)33/h7-8,10-11,14-15,17,22-24,26,30-31,37H,6,9,12-13,16,18-20H2,1-5H3,(H,35,38)/t22-,23?,26?,30?,31?,33?,34?/m0/s1. The van der Waals surface area contributed by atoms with Crippen LogP contribution >= 0.6 is 0 Å². The van der Waals surface area contributed by atoms with Gasteiger partial charge < -0.3 is 10.4 Å². The lowest BCUT2D eigenvalue weighted by molar-refractivity contribution is -0.0743. The first-order valence-electron chi connectivity index (χ1n) is 15.1. The molecule has 2 saturated carbocycles. The number of piperidine rings is 1. The van der Waals surface area contributed by atoms with Crippen molar-refractivity contribution in [2.45, 2.75) is 90.6 Å². The van der Waals surface area contributed by atoms with Crippen LogP contribution in [0.5, 0.6) is 5.75 Å². The van der Waals surface area contributed by atoms with E-state index in [2.05, 4.69) is 50.0 Å². The highest BCUT2D eigenvalue weighted by atomic mass is 16.3. The largest absolute Gasteiger partial charge is 0.508 e. The Kier molecular flexibility index (Phi) is 6.41. The van der Waals surface area contributed by atoms with Gasteiger partial charge in [0.25, 0.3) is 5.91 Å². The van der Waals surface area contributed by atoms with Gasteiger partial charge in [-0.05, 0) is 110 Å². The Bertz CT molecular complexity index is 1220. The smallest absolute Gasteiger partial charge is 0.251 e. The Morgan fingerprint density at radius 1 is 1.18 bits per heavy atom. The van der Waals surface area contributed by atoms with Crippen LogP contribution in [0, 0.1) is 36.0 Å². The topological polar surface area (TPSA) is 52.6 Å². The van der Waals surface area contributed by atoms with E-state index in [0.717, 1.165) is 49.3 Å². The van der Waals surface area contributed by atoms with Crippen LogP contribution in [0.15, 0.2) is 42.5 Å². The van der Waals surface area contributed by atoms with Crippen LogP contribution in [0.25, 0.3) is 0 Å². The van der Waals surface area contributed by atoms with Crippen molar-refractivity contribution < 1.29 is 9.90 Å². The van der Waals surface area contributed by atoms with E-state index in [4.69, 9.17) is 0 Å². The number of carbonyl (C=O) groups excluding carboxylic acids is 1. The van der Waals surface area contributed by atoms with Crippen molar-refractivity contribution in [1.29, 1.82) is 0 Å². The van der Waals surface area contributed by atoms with Crippen LogP contribution in [-0.2, 0) is 11.8 Å². The quantitative estimate of drug-likeness (QED) is 0.444. The summed E-state index contributed by atoms with van der Waals surface area (Å²) in [5.41, 5.74) is 4.63. The molecular weight excluding hydrogens is 468 g/mol. The van der Waals surface area contributed by atoms with Gasteiger partial charge in [0, 0.05) is 36.2 Å². The number of carbonyl (C=O) groups is 1. The average molecular weight is 515 g/mol. The fourth-order valence-corrected chi connectivity index (χ4v) is 9.67. The van der Waals surface area contributed by atoms with E-state index in [0.29, 0.717) is 29.5 Å². The first kappa shape index (κ1) is 25.9. The van der Waals surface area contributed by atoms with Gasteiger partial charge >= 0.3 is 0 Å². The van der Waals surface area contributed by atoms with E-state index in [9.17, 15) is 9.90 Å². The van der Waals surface area contributed by atoms with Gasteiger partial charge in [0.1, 0.15) is 5.75 Å². The zero-order valence-electron chi connectivity index (χ0n) is 24.0. The third kappa shape index (κ3) is 3.77. The lowest BCUT2D eigenvalue weighted by Crippen LogP contribution is -2.66. The fourth-order valence-electron chi connectivity index (χ4n) is 9.67. The second kappa shape index (κ2) is 9.40. The molecule has 38 heavy (non-hydrogen) atoms. The first-order chi connectivity index (χ1) is 18.2. The molecule has 6 unspecified atom stereocenters. The summed E-state index contributed by atoms with van der Waals surface area (Å²) < 4.78 is 0. The number of nitrogens with zero attached hydrogens (tertiary/aromatic N) is 1. The summed E-state index contributed by atoms with van der Waals surface area (Å²) in [7, 11) is 0. The maximum atomic E-state index is 13.7. The normalized spacial score (nSPS) is 34.9. The van der Waals surface area contributed by atoms with E-state index < -0.39 is 0 Å². The second-order valence-electron chi connectivity index (χ2n) is 13.5. The Hall–Kier alpha value is -2.33. The predicted molar refractivity (Wildman–Crippen MR) is 153 cm³/mol. The summed E-state index contributed by atoms with van der Waals surface area (Å²) in [6, 6.07) is 14.7. The molecule has 1 spiro atoms. The molecule has 7 atom stereocenters. The van der Waals surface area contributed by atoms with Gasteiger partial charge in [-0.2, -0.15) is 0 Å². The molecule has 1 aliphatic heterocycles. The van der Waals surface area contributed by atoms with Crippen molar-refractivity contribution in [2.24, 2.45) is 29.1 Å². The molecule has 6 rings (SSSR count). The Morgan fingerprint density at radius 2 is 1.95 bits per heavy atom. The highest BCUT2D eigenvalue weighted by molar-refractivity contribution is 5.95. The van der Waals surface area contributed by atoms with E-state index in [1.165, 1.54) is 30.5 Å². The van der Waals surface area contributed by atoms with E-state index in [-0.39, 0.29) is 22.8 Å². The molecule has 4 aliphatic rings. The fraction of sp³-hybridized carbons (Fsp3) is 0.618. The van der Waals surface area contributed by atoms with Gasteiger partial charge in [0.05, 0.1) is 0 Å². The van der Waals surface area contributed by atoms with Crippen molar-refractivity contribution >= 4 is 5.91 Å². The summed E-state index contributed by atoms with van der Waals surface area (Å²) in [6.07, 6.45) is 7.01. The molecule has 1 heterocycles. The van der Waals surface area contributed by atoms with Crippen molar-refractivity contribution in [1.82, 2.24) is 10.2 Å². The van der Waals surface area contributed by atoms with Crippen LogP contribution in [0.2, 0.25) is 0 Å². The number of benzene rings is 2. The van der Waals surface area contributed by atoms with Crippen molar-refractivity contribution in [3.63, 3.8) is 0 Å². The minimum atomic E-state index is -0.0567. The average Bonchev–Trinajstić information content (AvgIpc) is 3.58. The van der Waals surface area contributed by atoms with E-state index >= 15 is 0 Å². The van der Waals surface area contributed by atoms with Crippen molar-refractivity contribution in [3.8, 4) is 5.75 Å². The van der Waals surface area contributed by atoms with E-state index in [1.54, 1.807) is 0 Å². The number of hydrogen-bond acceptors (Lipinski definition) is 3. The Balaban J connectivity index is 1.46. The summed E-state index contributed by atoms with van der Waals surface area (Å²) in [5.74, 6) is 2.63. The predicted octanol–water partition coefficient (Wildman–Crippen LogP) is 6.49. The Morgan fingerprint density at radius 3 is 2.66 bits per heavy atom. The maximum Gasteiger partial charge on any atom is 0.251 e. The molecule has 0 radical (unpaired) electrons. The minimum absolute atomic E-state index is 0.0567. The van der Waals surface area contributed by atoms with Crippen molar-refractivity contribution in [2.75, 3.05) is 13.1 Å². The molecule has 2 N–H and O–H groups in total. The van der Waals surface area contributed by atoms with E-state index in [1.807, 2.05) is 37.3 Å². The number of aryl methyl sites for hydroxylation is 1. The molecule has 3 aliphatic carbocycles. The Labute approximate surface area is 229 Å². The SMILES string of the molecule is CCCC(NC(=O)c1ccccc1C)C1[C@@H](C)CC2(C)C(C)N(CC3CC3)CC3Cc4ccc(O)cc4C312. The number of likely N-dealkylation sites (tertiary alicyclic amines) is 1. The maximum absolute atomic E-state index is 13.7. The molecule has 0 aromatic heterocycles. The second-order valence-corrected chi connectivity index (χ2v) is 13.5. The molecule has 4 heteroatoms. The zero-order valence-corrected chi connectivity index (χ0v) is 24.0. The molecule has 1 saturated heterocycles. The summed E-state index contributed by atoms with van der Waals surface area (Å²) >= 11 is 0. The summed E-state index contributed by atoms with van der Waals surface area (Å²) in [6.45, 7) is 14.1. The molecule has 1 amide bonds. The molecule has 0 bridgehead atoms. The van der Waals surface area contributed by atoms with Crippen LogP contribution in [0.4, 0.5) is 0 Å². The molecular formula is C34H46N2O2. The zero-order chi connectivity index (χ0) is 26.8. The molecule has 2 aromatic rings. The van der Waals surface area contributed by atoms with Gasteiger partial charge in [-0.1, -0.05) is 51.5 Å². The number of amides is 1. The van der Waals surface area contributed by atoms with Crippen LogP contribution in [-0.4, -0.2) is 41.1 Å².